The first-order valence-corrected chi connectivity index (χ1v) is 9.87. The van der Waals surface area contributed by atoms with Crippen LogP contribution in [-0.2, 0) is 6.42 Å². The van der Waals surface area contributed by atoms with Gasteiger partial charge in [-0.3, -0.25) is 0 Å². The highest BCUT2D eigenvalue weighted by molar-refractivity contribution is 6.32. The summed E-state index contributed by atoms with van der Waals surface area (Å²) in [5.74, 6) is 1.95. The summed E-state index contributed by atoms with van der Waals surface area (Å²) < 4.78 is 17.1. The fraction of sp³-hybridized carbons (Fsp3) is 0.429. The number of aromatic hydroxyl groups is 1. The van der Waals surface area contributed by atoms with Crippen molar-refractivity contribution in [3.63, 3.8) is 0 Å². The number of phenolic OH excluding ortho intramolecular Hbond substituents is 1. The zero-order valence-electron chi connectivity index (χ0n) is 16.0. The summed E-state index contributed by atoms with van der Waals surface area (Å²) in [7, 11) is 0. The van der Waals surface area contributed by atoms with Crippen LogP contribution in [0.4, 0.5) is 0 Å². The van der Waals surface area contributed by atoms with Crippen molar-refractivity contribution in [2.75, 3.05) is 26.4 Å². The van der Waals surface area contributed by atoms with E-state index in [1.165, 1.54) is 11.1 Å². The highest BCUT2D eigenvalue weighted by Gasteiger charge is 2.29. The van der Waals surface area contributed by atoms with Crippen LogP contribution >= 0.6 is 11.6 Å². The molecule has 3 N–H and O–H groups in total. The molecule has 0 amide bonds. The maximum Gasteiger partial charge on any atom is 0.176 e. The fourth-order valence-electron chi connectivity index (χ4n) is 3.55. The molecule has 0 aromatic heterocycles. The molecule has 2 aromatic rings. The molecule has 3 rings (SSSR count). The SMILES string of the molecule is CCOc1cc2c(cc1OCC)[C@@H](c1cc(Cl)c(O)c(OCC)c1)[NH2+]CC2. The molecule has 0 aliphatic carbocycles. The smallest absolute Gasteiger partial charge is 0.176 e. The Bertz CT molecular complexity index is 809. The molecule has 0 saturated heterocycles. The molecule has 0 spiro atoms. The van der Waals surface area contributed by atoms with Gasteiger partial charge in [-0.15, -0.1) is 0 Å². The minimum absolute atomic E-state index is 0.0139. The predicted octanol–water partition coefficient (Wildman–Crippen LogP) is 3.45. The fourth-order valence-corrected chi connectivity index (χ4v) is 3.77. The van der Waals surface area contributed by atoms with Crippen molar-refractivity contribution in [3.8, 4) is 23.0 Å². The lowest BCUT2D eigenvalue weighted by Gasteiger charge is -2.26. The minimum Gasteiger partial charge on any atom is -0.503 e. The van der Waals surface area contributed by atoms with Crippen LogP contribution in [0.2, 0.25) is 5.02 Å². The first kappa shape index (κ1) is 19.6. The molecule has 0 bridgehead atoms. The lowest BCUT2D eigenvalue weighted by atomic mass is 9.89. The maximum atomic E-state index is 10.2. The Kier molecular flexibility index (Phi) is 6.34. The first-order valence-electron chi connectivity index (χ1n) is 9.49. The van der Waals surface area contributed by atoms with Gasteiger partial charge in [0.1, 0.15) is 6.04 Å². The van der Waals surface area contributed by atoms with Crippen LogP contribution in [0.3, 0.4) is 0 Å². The van der Waals surface area contributed by atoms with E-state index in [9.17, 15) is 5.11 Å². The molecule has 0 saturated carbocycles. The van der Waals surface area contributed by atoms with Gasteiger partial charge in [0.15, 0.2) is 23.0 Å². The lowest BCUT2D eigenvalue weighted by Crippen LogP contribution is -2.87. The molecule has 27 heavy (non-hydrogen) atoms. The van der Waals surface area contributed by atoms with Gasteiger partial charge in [0.05, 0.1) is 31.4 Å². The Morgan fingerprint density at radius 1 is 0.963 bits per heavy atom. The number of quaternary nitrogens is 1. The van der Waals surface area contributed by atoms with E-state index in [1.54, 1.807) is 0 Å². The van der Waals surface area contributed by atoms with Gasteiger partial charge in [-0.2, -0.15) is 0 Å². The molecular formula is C21H27ClNO4+. The molecule has 0 fully saturated rings. The minimum atomic E-state index is -0.0139. The molecule has 1 aliphatic heterocycles. The lowest BCUT2D eigenvalue weighted by molar-refractivity contribution is -0.690. The highest BCUT2D eigenvalue weighted by Crippen LogP contribution is 2.40. The third-order valence-electron chi connectivity index (χ3n) is 4.67. The van der Waals surface area contributed by atoms with E-state index in [-0.39, 0.29) is 11.8 Å². The summed E-state index contributed by atoms with van der Waals surface area (Å²) in [6.45, 7) is 8.41. The maximum absolute atomic E-state index is 10.2. The molecule has 6 heteroatoms. The van der Waals surface area contributed by atoms with E-state index >= 15 is 0 Å². The molecular weight excluding hydrogens is 366 g/mol. The average Bonchev–Trinajstić information content (AvgIpc) is 2.66. The largest absolute Gasteiger partial charge is 0.503 e. The van der Waals surface area contributed by atoms with Crippen LogP contribution in [0.25, 0.3) is 0 Å². The van der Waals surface area contributed by atoms with E-state index < -0.39 is 0 Å². The van der Waals surface area contributed by atoms with Gasteiger partial charge in [-0.1, -0.05) is 11.6 Å². The number of rotatable bonds is 7. The van der Waals surface area contributed by atoms with Crippen LogP contribution in [0.15, 0.2) is 24.3 Å². The van der Waals surface area contributed by atoms with Gasteiger partial charge >= 0.3 is 0 Å². The van der Waals surface area contributed by atoms with Gasteiger partial charge < -0.3 is 24.6 Å². The van der Waals surface area contributed by atoms with Gasteiger partial charge in [0.25, 0.3) is 0 Å². The summed E-state index contributed by atoms with van der Waals surface area (Å²) in [6, 6.07) is 7.91. The quantitative estimate of drug-likeness (QED) is 0.757. The van der Waals surface area contributed by atoms with Gasteiger partial charge in [-0.25, -0.2) is 0 Å². The Hall–Kier alpha value is -2.11. The highest BCUT2D eigenvalue weighted by atomic mass is 35.5. The van der Waals surface area contributed by atoms with Gasteiger partial charge in [0.2, 0.25) is 0 Å². The van der Waals surface area contributed by atoms with E-state index in [4.69, 9.17) is 25.8 Å². The number of nitrogens with two attached hydrogens (primary N) is 1. The molecule has 1 heterocycles. The van der Waals surface area contributed by atoms with Crippen molar-refractivity contribution in [2.24, 2.45) is 0 Å². The van der Waals surface area contributed by atoms with Crippen molar-refractivity contribution in [2.45, 2.75) is 33.2 Å². The number of benzene rings is 2. The van der Waals surface area contributed by atoms with E-state index in [0.29, 0.717) is 30.6 Å². The average molecular weight is 393 g/mol. The second-order valence-corrected chi connectivity index (χ2v) is 6.81. The Morgan fingerprint density at radius 2 is 1.59 bits per heavy atom. The number of ether oxygens (including phenoxy) is 3. The summed E-state index contributed by atoms with van der Waals surface area (Å²) in [5.41, 5.74) is 3.42. The van der Waals surface area contributed by atoms with Crippen LogP contribution < -0.4 is 19.5 Å². The standard InChI is InChI=1S/C21H26ClNO4/c1-4-25-17-10-13-7-8-23-20(15(13)12-18(17)26-5-2)14-9-16(22)21(24)19(11-14)27-6-3/h9-12,20,23-24H,4-8H2,1-3H3/p+1/t20-/m1/s1. The number of halogens is 1. The van der Waals surface area contributed by atoms with E-state index in [0.717, 1.165) is 30.0 Å². The van der Waals surface area contributed by atoms with Crippen molar-refractivity contribution in [1.29, 1.82) is 0 Å². The van der Waals surface area contributed by atoms with Crippen molar-refractivity contribution >= 4 is 11.6 Å². The van der Waals surface area contributed by atoms with Gasteiger partial charge in [0, 0.05) is 17.5 Å². The van der Waals surface area contributed by atoms with Crippen LogP contribution in [-0.4, -0.2) is 31.5 Å². The second kappa shape index (κ2) is 8.72. The zero-order valence-corrected chi connectivity index (χ0v) is 16.8. The third kappa shape index (κ3) is 4.09. The normalized spacial score (nSPS) is 15.9. The molecule has 0 radical (unpaired) electrons. The molecule has 1 atom stereocenters. The predicted molar refractivity (Wildman–Crippen MR) is 105 cm³/mol. The monoisotopic (exact) mass is 392 g/mol. The Balaban J connectivity index is 2.07. The van der Waals surface area contributed by atoms with Crippen molar-refractivity contribution < 1.29 is 24.6 Å². The molecule has 146 valence electrons. The van der Waals surface area contributed by atoms with Crippen LogP contribution in [0.1, 0.15) is 43.5 Å². The molecule has 1 aliphatic rings. The number of hydrogen-bond donors (Lipinski definition) is 2. The molecule has 2 aromatic carbocycles. The van der Waals surface area contributed by atoms with Gasteiger partial charge in [-0.05, 0) is 50.6 Å². The van der Waals surface area contributed by atoms with E-state index in [2.05, 4.69) is 17.4 Å². The van der Waals surface area contributed by atoms with Crippen molar-refractivity contribution in [1.82, 2.24) is 0 Å². The number of fused-ring (bicyclic) bond motifs is 1. The summed E-state index contributed by atoms with van der Waals surface area (Å²) in [5, 5.41) is 12.7. The third-order valence-corrected chi connectivity index (χ3v) is 4.95. The first-order chi connectivity index (χ1) is 13.1. The zero-order chi connectivity index (χ0) is 19.4. The Morgan fingerprint density at radius 3 is 2.26 bits per heavy atom. The second-order valence-electron chi connectivity index (χ2n) is 6.40. The van der Waals surface area contributed by atoms with Crippen LogP contribution in [0, 0.1) is 0 Å². The topological polar surface area (TPSA) is 64.5 Å². The van der Waals surface area contributed by atoms with E-state index in [1.807, 2.05) is 32.9 Å². The summed E-state index contributed by atoms with van der Waals surface area (Å²) >= 11 is 6.26. The number of hydrogen-bond acceptors (Lipinski definition) is 4. The number of phenols is 1. The Labute approximate surface area is 165 Å². The summed E-state index contributed by atoms with van der Waals surface area (Å²) in [6.07, 6.45) is 0.961. The summed E-state index contributed by atoms with van der Waals surface area (Å²) in [4.78, 5) is 0. The van der Waals surface area contributed by atoms with Crippen LogP contribution in [0.5, 0.6) is 23.0 Å². The molecule has 0 unspecified atom stereocenters. The molecule has 5 nitrogen and oxygen atoms in total. The van der Waals surface area contributed by atoms with Crippen molar-refractivity contribution in [3.05, 3.63) is 46.0 Å².